The number of carbonyl (C=O) groups excluding carboxylic acids is 1. The van der Waals surface area contributed by atoms with Crippen LogP contribution in [-0.4, -0.2) is 22.4 Å². The van der Waals surface area contributed by atoms with E-state index in [1.807, 2.05) is 32.0 Å². The first-order valence-corrected chi connectivity index (χ1v) is 6.59. The number of hydrogen-bond donors (Lipinski definition) is 2. The van der Waals surface area contributed by atoms with Gasteiger partial charge >= 0.3 is 0 Å². The molecule has 0 bridgehead atoms. The van der Waals surface area contributed by atoms with Crippen molar-refractivity contribution in [2.24, 2.45) is 0 Å². The van der Waals surface area contributed by atoms with Crippen LogP contribution >= 0.6 is 0 Å². The van der Waals surface area contributed by atoms with Crippen molar-refractivity contribution in [1.29, 1.82) is 0 Å². The minimum atomic E-state index is -0.155. The Balaban J connectivity index is 2.05. The molecular formula is C15H18N4O. The SMILES string of the molecule is CCNc1ccncc1C(=O)NCc1cccc(C)n1. The molecule has 0 aliphatic rings. The van der Waals surface area contributed by atoms with E-state index < -0.39 is 0 Å². The maximum Gasteiger partial charge on any atom is 0.255 e. The van der Waals surface area contributed by atoms with Gasteiger partial charge in [-0.3, -0.25) is 14.8 Å². The number of aryl methyl sites for hydroxylation is 1. The summed E-state index contributed by atoms with van der Waals surface area (Å²) in [5.41, 5.74) is 3.11. The predicted molar refractivity (Wildman–Crippen MR) is 78.5 cm³/mol. The molecular weight excluding hydrogens is 252 g/mol. The zero-order valence-electron chi connectivity index (χ0n) is 11.7. The quantitative estimate of drug-likeness (QED) is 0.873. The Labute approximate surface area is 118 Å². The van der Waals surface area contributed by atoms with E-state index in [2.05, 4.69) is 20.6 Å². The van der Waals surface area contributed by atoms with Gasteiger partial charge in [-0.15, -0.1) is 0 Å². The number of hydrogen-bond acceptors (Lipinski definition) is 4. The number of pyridine rings is 2. The Morgan fingerprint density at radius 1 is 1.30 bits per heavy atom. The molecule has 5 heteroatoms. The summed E-state index contributed by atoms with van der Waals surface area (Å²) < 4.78 is 0. The highest BCUT2D eigenvalue weighted by Gasteiger charge is 2.10. The van der Waals surface area contributed by atoms with Crippen molar-refractivity contribution in [2.75, 3.05) is 11.9 Å². The van der Waals surface area contributed by atoms with Gasteiger partial charge in [0.15, 0.2) is 0 Å². The molecule has 2 aromatic heterocycles. The van der Waals surface area contributed by atoms with E-state index in [1.54, 1.807) is 18.5 Å². The number of rotatable bonds is 5. The summed E-state index contributed by atoms with van der Waals surface area (Å²) in [6.07, 6.45) is 3.23. The third-order valence-electron chi connectivity index (χ3n) is 2.81. The second-order valence-electron chi connectivity index (χ2n) is 4.40. The number of nitrogens with zero attached hydrogens (tertiary/aromatic N) is 2. The topological polar surface area (TPSA) is 66.9 Å². The number of amides is 1. The van der Waals surface area contributed by atoms with Crippen molar-refractivity contribution in [3.05, 3.63) is 53.6 Å². The zero-order chi connectivity index (χ0) is 14.4. The smallest absolute Gasteiger partial charge is 0.255 e. The summed E-state index contributed by atoms with van der Waals surface area (Å²) in [6, 6.07) is 7.54. The summed E-state index contributed by atoms with van der Waals surface area (Å²) in [6.45, 7) is 5.07. The molecule has 0 aliphatic carbocycles. The highest BCUT2D eigenvalue weighted by Crippen LogP contribution is 2.13. The third-order valence-corrected chi connectivity index (χ3v) is 2.81. The lowest BCUT2D eigenvalue weighted by molar-refractivity contribution is 0.0951. The van der Waals surface area contributed by atoms with Crippen molar-refractivity contribution in [3.63, 3.8) is 0 Å². The molecule has 104 valence electrons. The minimum Gasteiger partial charge on any atom is -0.385 e. The number of nitrogens with one attached hydrogen (secondary N) is 2. The fraction of sp³-hybridized carbons (Fsp3) is 0.267. The fourth-order valence-electron chi connectivity index (χ4n) is 1.88. The molecule has 0 aliphatic heterocycles. The number of aromatic nitrogens is 2. The van der Waals surface area contributed by atoms with Crippen LogP contribution in [-0.2, 0) is 6.54 Å². The van der Waals surface area contributed by atoms with Gasteiger partial charge in [0.25, 0.3) is 5.91 Å². The highest BCUT2D eigenvalue weighted by molar-refractivity contribution is 5.99. The molecule has 2 aromatic rings. The van der Waals surface area contributed by atoms with Crippen LogP contribution in [0, 0.1) is 6.92 Å². The molecule has 5 nitrogen and oxygen atoms in total. The van der Waals surface area contributed by atoms with Gasteiger partial charge in [0, 0.05) is 24.6 Å². The molecule has 0 aromatic carbocycles. The summed E-state index contributed by atoms with van der Waals surface area (Å²) in [5.74, 6) is -0.155. The maximum absolute atomic E-state index is 12.2. The van der Waals surface area contributed by atoms with E-state index in [-0.39, 0.29) is 5.91 Å². The van der Waals surface area contributed by atoms with Crippen LogP contribution in [0.1, 0.15) is 28.7 Å². The van der Waals surface area contributed by atoms with Gasteiger partial charge in [0.2, 0.25) is 0 Å². The minimum absolute atomic E-state index is 0.155. The largest absolute Gasteiger partial charge is 0.385 e. The molecule has 0 fully saturated rings. The second kappa shape index (κ2) is 6.65. The van der Waals surface area contributed by atoms with E-state index in [0.717, 1.165) is 23.6 Å². The van der Waals surface area contributed by atoms with Crippen molar-refractivity contribution < 1.29 is 4.79 Å². The summed E-state index contributed by atoms with van der Waals surface area (Å²) in [7, 11) is 0. The third kappa shape index (κ3) is 3.54. The average Bonchev–Trinajstić information content (AvgIpc) is 2.46. The summed E-state index contributed by atoms with van der Waals surface area (Å²) in [4.78, 5) is 20.5. The molecule has 20 heavy (non-hydrogen) atoms. The predicted octanol–water partition coefficient (Wildman–Crippen LogP) is 2.15. The molecule has 0 spiro atoms. The van der Waals surface area contributed by atoms with Crippen LogP contribution in [0.3, 0.4) is 0 Å². The maximum atomic E-state index is 12.2. The average molecular weight is 270 g/mol. The monoisotopic (exact) mass is 270 g/mol. The Morgan fingerprint density at radius 2 is 2.15 bits per heavy atom. The van der Waals surface area contributed by atoms with Crippen LogP contribution in [0.15, 0.2) is 36.7 Å². The lowest BCUT2D eigenvalue weighted by atomic mass is 10.2. The molecule has 2 heterocycles. The molecule has 0 unspecified atom stereocenters. The lowest BCUT2D eigenvalue weighted by Crippen LogP contribution is -2.24. The van der Waals surface area contributed by atoms with Gasteiger partial charge in [-0.05, 0) is 32.0 Å². The van der Waals surface area contributed by atoms with Crippen LogP contribution in [0.2, 0.25) is 0 Å². The van der Waals surface area contributed by atoms with Gasteiger partial charge in [-0.25, -0.2) is 0 Å². The van der Waals surface area contributed by atoms with E-state index in [0.29, 0.717) is 12.1 Å². The van der Waals surface area contributed by atoms with Crippen LogP contribution in [0.25, 0.3) is 0 Å². The Morgan fingerprint density at radius 3 is 2.90 bits per heavy atom. The lowest BCUT2D eigenvalue weighted by Gasteiger charge is -2.10. The first kappa shape index (κ1) is 14.0. The van der Waals surface area contributed by atoms with Gasteiger partial charge in [0.1, 0.15) is 0 Å². The van der Waals surface area contributed by atoms with Crippen LogP contribution in [0.5, 0.6) is 0 Å². The Bertz CT molecular complexity index is 598. The van der Waals surface area contributed by atoms with Crippen LogP contribution < -0.4 is 10.6 Å². The normalized spacial score (nSPS) is 10.1. The fourth-order valence-corrected chi connectivity index (χ4v) is 1.88. The van der Waals surface area contributed by atoms with E-state index >= 15 is 0 Å². The van der Waals surface area contributed by atoms with Gasteiger partial charge in [0.05, 0.1) is 23.5 Å². The van der Waals surface area contributed by atoms with Crippen molar-refractivity contribution in [3.8, 4) is 0 Å². The van der Waals surface area contributed by atoms with E-state index in [4.69, 9.17) is 0 Å². The van der Waals surface area contributed by atoms with Crippen molar-refractivity contribution in [1.82, 2.24) is 15.3 Å². The molecule has 0 atom stereocenters. The standard InChI is InChI=1S/C15H18N4O/c1-3-17-14-7-8-16-10-13(14)15(20)18-9-12-6-4-5-11(2)19-12/h4-8,10H,3,9H2,1-2H3,(H,16,17)(H,18,20). The van der Waals surface area contributed by atoms with E-state index in [9.17, 15) is 4.79 Å². The van der Waals surface area contributed by atoms with Gasteiger partial charge < -0.3 is 10.6 Å². The highest BCUT2D eigenvalue weighted by atomic mass is 16.1. The molecule has 2 rings (SSSR count). The zero-order valence-corrected chi connectivity index (χ0v) is 11.7. The van der Waals surface area contributed by atoms with Crippen LogP contribution in [0.4, 0.5) is 5.69 Å². The molecule has 0 saturated heterocycles. The Kier molecular flexibility index (Phi) is 4.65. The molecule has 1 amide bonds. The first-order valence-electron chi connectivity index (χ1n) is 6.59. The Hall–Kier alpha value is -2.43. The van der Waals surface area contributed by atoms with Crippen molar-refractivity contribution >= 4 is 11.6 Å². The summed E-state index contributed by atoms with van der Waals surface area (Å²) in [5, 5.41) is 6.01. The first-order chi connectivity index (χ1) is 9.70. The van der Waals surface area contributed by atoms with Gasteiger partial charge in [-0.2, -0.15) is 0 Å². The molecule has 0 radical (unpaired) electrons. The van der Waals surface area contributed by atoms with E-state index in [1.165, 1.54) is 0 Å². The number of anilines is 1. The molecule has 0 saturated carbocycles. The van der Waals surface area contributed by atoms with Gasteiger partial charge in [-0.1, -0.05) is 6.07 Å². The van der Waals surface area contributed by atoms with Crippen molar-refractivity contribution in [2.45, 2.75) is 20.4 Å². The second-order valence-corrected chi connectivity index (χ2v) is 4.40. The number of carbonyl (C=O) groups is 1. The molecule has 2 N–H and O–H groups in total. The summed E-state index contributed by atoms with van der Waals surface area (Å²) >= 11 is 0.